The molecule has 10 heteroatoms. The molecule has 28 heavy (non-hydrogen) atoms. The number of hydrogen-bond acceptors (Lipinski definition) is 4. The van der Waals surface area contributed by atoms with E-state index in [0.717, 1.165) is 45.7 Å². The van der Waals surface area contributed by atoms with E-state index in [1.807, 2.05) is 0 Å². The summed E-state index contributed by atoms with van der Waals surface area (Å²) >= 11 is 0. The van der Waals surface area contributed by atoms with Gasteiger partial charge < -0.3 is 15.4 Å². The van der Waals surface area contributed by atoms with Gasteiger partial charge in [0.2, 0.25) is 0 Å². The Kier molecular flexibility index (Phi) is 9.09. The molecule has 0 amide bonds. The van der Waals surface area contributed by atoms with Gasteiger partial charge >= 0.3 is 6.18 Å². The smallest absolute Gasteiger partial charge is 0.381 e. The minimum absolute atomic E-state index is 0. The van der Waals surface area contributed by atoms with Gasteiger partial charge in [-0.3, -0.25) is 14.8 Å². The van der Waals surface area contributed by atoms with Gasteiger partial charge in [0.1, 0.15) is 0 Å². The first-order valence-electron chi connectivity index (χ1n) is 9.99. The van der Waals surface area contributed by atoms with Crippen molar-refractivity contribution in [3.8, 4) is 0 Å². The van der Waals surface area contributed by atoms with E-state index < -0.39 is 12.7 Å². The molecule has 1 atom stereocenters. The highest BCUT2D eigenvalue weighted by Gasteiger charge is 2.40. The Hall–Kier alpha value is -0.330. The predicted molar refractivity (Wildman–Crippen MR) is 114 cm³/mol. The lowest BCUT2D eigenvalue weighted by Crippen LogP contribution is -2.59. The third kappa shape index (κ3) is 6.60. The molecule has 0 bridgehead atoms. The van der Waals surface area contributed by atoms with Gasteiger partial charge in [-0.25, -0.2) is 0 Å². The van der Waals surface area contributed by atoms with E-state index in [-0.39, 0.29) is 35.6 Å². The Balaban J connectivity index is 0.00000280. The molecule has 3 heterocycles. The third-order valence-electron chi connectivity index (χ3n) is 6.03. The average molecular weight is 519 g/mol. The number of alkyl halides is 3. The van der Waals surface area contributed by atoms with Gasteiger partial charge in [-0.2, -0.15) is 13.2 Å². The molecule has 0 aromatic carbocycles. The lowest BCUT2D eigenvalue weighted by molar-refractivity contribution is -0.143. The molecule has 164 valence electrons. The SMILES string of the molecule is CN=C(NCC1(N2CCCC2)CCOCC1)NC1CCN(CC(F)(F)F)C1.I. The second-order valence-electron chi connectivity index (χ2n) is 7.94. The van der Waals surface area contributed by atoms with Gasteiger partial charge in [-0.1, -0.05) is 0 Å². The van der Waals surface area contributed by atoms with Crippen LogP contribution in [0, 0.1) is 0 Å². The number of guanidine groups is 1. The topological polar surface area (TPSA) is 52.1 Å². The van der Waals surface area contributed by atoms with Crippen LogP contribution in [0.2, 0.25) is 0 Å². The molecular formula is C18H33F3IN5O. The van der Waals surface area contributed by atoms with Crippen molar-refractivity contribution >= 4 is 29.9 Å². The Morgan fingerprint density at radius 1 is 1.18 bits per heavy atom. The molecule has 3 fully saturated rings. The number of hydrogen-bond donors (Lipinski definition) is 2. The number of aliphatic imine (C=N–C) groups is 1. The zero-order valence-corrected chi connectivity index (χ0v) is 18.9. The molecule has 3 aliphatic rings. The number of rotatable bonds is 5. The van der Waals surface area contributed by atoms with Crippen molar-refractivity contribution in [2.75, 3.05) is 59.5 Å². The fraction of sp³-hybridized carbons (Fsp3) is 0.944. The number of ether oxygens (including phenoxy) is 1. The van der Waals surface area contributed by atoms with Crippen molar-refractivity contribution in [1.29, 1.82) is 0 Å². The zero-order valence-electron chi connectivity index (χ0n) is 16.6. The minimum Gasteiger partial charge on any atom is -0.381 e. The summed E-state index contributed by atoms with van der Waals surface area (Å²) in [6, 6.07) is -0.00373. The van der Waals surface area contributed by atoms with E-state index in [4.69, 9.17) is 4.74 Å². The van der Waals surface area contributed by atoms with Crippen molar-refractivity contribution < 1.29 is 17.9 Å². The predicted octanol–water partition coefficient (Wildman–Crippen LogP) is 2.05. The van der Waals surface area contributed by atoms with Crippen LogP contribution in [-0.2, 0) is 4.74 Å². The summed E-state index contributed by atoms with van der Waals surface area (Å²) < 4.78 is 43.3. The van der Waals surface area contributed by atoms with Crippen molar-refractivity contribution in [2.24, 2.45) is 4.99 Å². The Morgan fingerprint density at radius 3 is 2.46 bits per heavy atom. The van der Waals surface area contributed by atoms with Crippen LogP contribution in [0.4, 0.5) is 13.2 Å². The number of nitrogens with zero attached hydrogens (tertiary/aromatic N) is 3. The summed E-state index contributed by atoms with van der Waals surface area (Å²) in [5.74, 6) is 0.680. The molecule has 0 aromatic rings. The number of likely N-dealkylation sites (tertiary alicyclic amines) is 2. The quantitative estimate of drug-likeness (QED) is 0.331. The molecule has 3 saturated heterocycles. The molecule has 0 spiro atoms. The van der Waals surface area contributed by atoms with Gasteiger partial charge in [0.15, 0.2) is 5.96 Å². The number of halogens is 4. The molecule has 2 N–H and O–H groups in total. The van der Waals surface area contributed by atoms with E-state index in [1.54, 1.807) is 7.05 Å². The summed E-state index contributed by atoms with van der Waals surface area (Å²) in [4.78, 5) is 8.33. The van der Waals surface area contributed by atoms with E-state index in [2.05, 4.69) is 20.5 Å². The first-order valence-corrected chi connectivity index (χ1v) is 9.99. The number of nitrogens with one attached hydrogen (secondary N) is 2. The first kappa shape index (κ1) is 23.9. The maximum absolute atomic E-state index is 12.6. The maximum atomic E-state index is 12.6. The van der Waals surface area contributed by atoms with Crippen LogP contribution in [0.1, 0.15) is 32.1 Å². The van der Waals surface area contributed by atoms with E-state index in [9.17, 15) is 13.2 Å². The molecule has 1 unspecified atom stereocenters. The lowest BCUT2D eigenvalue weighted by Gasteiger charge is -2.45. The van der Waals surface area contributed by atoms with Crippen LogP contribution < -0.4 is 10.6 Å². The summed E-state index contributed by atoms with van der Waals surface area (Å²) in [5, 5.41) is 6.76. The second-order valence-corrected chi connectivity index (χ2v) is 7.94. The Morgan fingerprint density at radius 2 is 1.86 bits per heavy atom. The molecule has 3 rings (SSSR count). The van der Waals surface area contributed by atoms with E-state index in [0.29, 0.717) is 25.5 Å². The van der Waals surface area contributed by atoms with Crippen LogP contribution in [0.25, 0.3) is 0 Å². The molecule has 0 saturated carbocycles. The van der Waals surface area contributed by atoms with Gasteiger partial charge in [-0.05, 0) is 45.2 Å². The van der Waals surface area contributed by atoms with Crippen LogP contribution >= 0.6 is 24.0 Å². The highest BCUT2D eigenvalue weighted by Crippen LogP contribution is 2.30. The summed E-state index contributed by atoms with van der Waals surface area (Å²) in [6.45, 7) is 4.61. The van der Waals surface area contributed by atoms with Crippen molar-refractivity contribution in [1.82, 2.24) is 20.4 Å². The fourth-order valence-electron chi connectivity index (χ4n) is 4.53. The highest BCUT2D eigenvalue weighted by atomic mass is 127. The lowest BCUT2D eigenvalue weighted by atomic mass is 9.88. The van der Waals surface area contributed by atoms with Crippen molar-refractivity contribution in [3.63, 3.8) is 0 Å². The van der Waals surface area contributed by atoms with Gasteiger partial charge in [0.05, 0.1) is 6.54 Å². The monoisotopic (exact) mass is 519 g/mol. The van der Waals surface area contributed by atoms with Crippen LogP contribution in [0.5, 0.6) is 0 Å². The molecule has 0 radical (unpaired) electrons. The molecule has 0 aromatic heterocycles. The molecule has 6 nitrogen and oxygen atoms in total. The van der Waals surface area contributed by atoms with Gasteiger partial charge in [0.25, 0.3) is 0 Å². The van der Waals surface area contributed by atoms with Crippen LogP contribution in [-0.4, -0.2) is 93.0 Å². The maximum Gasteiger partial charge on any atom is 0.401 e. The summed E-state index contributed by atoms with van der Waals surface area (Å²) in [5.41, 5.74) is 0.0877. The first-order chi connectivity index (χ1) is 12.9. The fourth-order valence-corrected chi connectivity index (χ4v) is 4.53. The van der Waals surface area contributed by atoms with E-state index >= 15 is 0 Å². The average Bonchev–Trinajstić information content (AvgIpc) is 3.30. The van der Waals surface area contributed by atoms with Crippen LogP contribution in [0.15, 0.2) is 4.99 Å². The molecule has 3 aliphatic heterocycles. The second kappa shape index (κ2) is 10.6. The van der Waals surface area contributed by atoms with Gasteiger partial charge in [-0.15, -0.1) is 24.0 Å². The highest BCUT2D eigenvalue weighted by molar-refractivity contribution is 14.0. The Labute approximate surface area is 182 Å². The standard InChI is InChI=1S/C18H32F3N5O.HI/c1-22-16(24-15-4-9-25(12-15)14-18(19,20)21)23-13-17(5-10-27-11-6-17)26-7-2-3-8-26;/h15H,2-14H2,1H3,(H2,22,23,24);1H. The summed E-state index contributed by atoms with van der Waals surface area (Å²) in [7, 11) is 1.71. The minimum atomic E-state index is -4.14. The van der Waals surface area contributed by atoms with Gasteiger partial charge in [0, 0.05) is 51.5 Å². The molecular weight excluding hydrogens is 486 g/mol. The zero-order chi connectivity index (χ0) is 19.3. The van der Waals surface area contributed by atoms with Crippen molar-refractivity contribution in [2.45, 2.75) is 49.9 Å². The van der Waals surface area contributed by atoms with E-state index in [1.165, 1.54) is 17.7 Å². The molecule has 0 aliphatic carbocycles. The largest absolute Gasteiger partial charge is 0.401 e. The summed E-state index contributed by atoms with van der Waals surface area (Å²) in [6.07, 6.45) is 1.04. The Bertz CT molecular complexity index is 508. The van der Waals surface area contributed by atoms with Crippen molar-refractivity contribution in [3.05, 3.63) is 0 Å². The third-order valence-corrected chi connectivity index (χ3v) is 6.03. The van der Waals surface area contributed by atoms with Crippen LogP contribution in [0.3, 0.4) is 0 Å². The normalized spacial score (nSPS) is 26.9.